The van der Waals surface area contributed by atoms with Crippen LogP contribution in [0.1, 0.15) is 17.4 Å². The van der Waals surface area contributed by atoms with E-state index in [4.69, 9.17) is 0 Å². The zero-order valence-electron chi connectivity index (χ0n) is 9.93. The molecule has 90 valence electrons. The lowest BCUT2D eigenvalue weighted by Gasteiger charge is -2.24. The second-order valence-electron chi connectivity index (χ2n) is 4.10. The highest BCUT2D eigenvalue weighted by Crippen LogP contribution is 2.33. The summed E-state index contributed by atoms with van der Waals surface area (Å²) in [6, 6.07) is 0. The molecule has 3 heterocycles. The molecule has 3 rings (SSSR count). The summed E-state index contributed by atoms with van der Waals surface area (Å²) in [7, 11) is 0. The molecule has 0 bridgehead atoms. The van der Waals surface area contributed by atoms with E-state index in [1.807, 2.05) is 6.20 Å². The van der Waals surface area contributed by atoms with Crippen LogP contribution >= 0.6 is 11.3 Å². The van der Waals surface area contributed by atoms with Gasteiger partial charge in [0.25, 0.3) is 5.91 Å². The maximum absolute atomic E-state index is 11.8. The summed E-state index contributed by atoms with van der Waals surface area (Å²) >= 11 is 1.65. The molecule has 0 fully saturated rings. The maximum atomic E-state index is 11.8. The van der Waals surface area contributed by atoms with Gasteiger partial charge in [-0.2, -0.15) is 0 Å². The topological polar surface area (TPSA) is 46.1 Å². The Hall–Kier alpha value is -1.93. The predicted molar refractivity (Wildman–Crippen MR) is 70.0 cm³/mol. The lowest BCUT2D eigenvalue weighted by atomic mass is 10.1. The van der Waals surface area contributed by atoms with Crippen LogP contribution in [-0.2, 0) is 17.8 Å². The summed E-state index contributed by atoms with van der Waals surface area (Å²) < 4.78 is 0. The van der Waals surface area contributed by atoms with Crippen molar-refractivity contribution in [3.05, 3.63) is 23.0 Å². The first-order valence-corrected chi connectivity index (χ1v) is 6.53. The Morgan fingerprint density at radius 1 is 1.56 bits per heavy atom. The molecule has 1 aliphatic heterocycles. The van der Waals surface area contributed by atoms with Crippen molar-refractivity contribution in [1.29, 1.82) is 0 Å². The van der Waals surface area contributed by atoms with Crippen LogP contribution in [0.4, 0.5) is 0 Å². The number of nitrogens with zero attached hydrogens (tertiary/aromatic N) is 3. The highest BCUT2D eigenvalue weighted by molar-refractivity contribution is 7.18. The van der Waals surface area contributed by atoms with Gasteiger partial charge < -0.3 is 4.90 Å². The molecule has 0 radical (unpaired) electrons. The highest BCUT2D eigenvalue weighted by atomic mass is 32.1. The Bertz CT molecular complexity index is 680. The van der Waals surface area contributed by atoms with E-state index >= 15 is 0 Å². The molecule has 0 aliphatic carbocycles. The van der Waals surface area contributed by atoms with E-state index in [-0.39, 0.29) is 5.91 Å². The van der Waals surface area contributed by atoms with Crippen molar-refractivity contribution in [2.75, 3.05) is 6.54 Å². The van der Waals surface area contributed by atoms with Crippen molar-refractivity contribution >= 4 is 27.5 Å². The van der Waals surface area contributed by atoms with Crippen LogP contribution in [0.5, 0.6) is 0 Å². The number of fused-ring (bicyclic) bond motifs is 3. The van der Waals surface area contributed by atoms with E-state index in [0.29, 0.717) is 6.54 Å². The molecule has 5 heteroatoms. The summed E-state index contributed by atoms with van der Waals surface area (Å²) in [6.07, 6.45) is 4.29. The van der Waals surface area contributed by atoms with Gasteiger partial charge in [0.1, 0.15) is 11.2 Å². The normalized spacial score (nSPS) is 13.9. The lowest BCUT2D eigenvalue weighted by Crippen LogP contribution is -2.34. The summed E-state index contributed by atoms with van der Waals surface area (Å²) in [5, 5.41) is 1.13. The fourth-order valence-electron chi connectivity index (χ4n) is 2.20. The molecule has 0 saturated heterocycles. The molecule has 2 aromatic rings. The number of thiophene rings is 1. The number of carbonyl (C=O) groups is 1. The lowest BCUT2D eigenvalue weighted by molar-refractivity contribution is -0.125. The molecule has 4 nitrogen and oxygen atoms in total. The van der Waals surface area contributed by atoms with Crippen LogP contribution in [0.2, 0.25) is 0 Å². The summed E-state index contributed by atoms with van der Waals surface area (Å²) in [5.74, 6) is 5.16. The molecule has 2 aromatic heterocycles. The van der Waals surface area contributed by atoms with Gasteiger partial charge in [0, 0.05) is 23.0 Å². The van der Waals surface area contributed by atoms with Crippen LogP contribution < -0.4 is 0 Å². The Balaban J connectivity index is 1.97. The van der Waals surface area contributed by atoms with Crippen molar-refractivity contribution in [3.8, 4) is 11.8 Å². The minimum Gasteiger partial charge on any atom is -0.326 e. The van der Waals surface area contributed by atoms with Gasteiger partial charge in [-0.3, -0.25) is 4.79 Å². The van der Waals surface area contributed by atoms with E-state index in [9.17, 15) is 4.79 Å². The quantitative estimate of drug-likeness (QED) is 0.673. The van der Waals surface area contributed by atoms with Crippen LogP contribution in [0, 0.1) is 11.8 Å². The summed E-state index contributed by atoms with van der Waals surface area (Å²) in [6.45, 7) is 3.05. The van der Waals surface area contributed by atoms with Gasteiger partial charge in [0.2, 0.25) is 0 Å². The van der Waals surface area contributed by atoms with E-state index in [2.05, 4.69) is 21.8 Å². The monoisotopic (exact) mass is 257 g/mol. The zero-order chi connectivity index (χ0) is 12.5. The average molecular weight is 257 g/mol. The van der Waals surface area contributed by atoms with E-state index in [0.717, 1.165) is 23.2 Å². The molecule has 18 heavy (non-hydrogen) atoms. The first-order valence-electron chi connectivity index (χ1n) is 5.71. The number of amides is 1. The first kappa shape index (κ1) is 11.2. The minimum absolute atomic E-state index is 0.0910. The Morgan fingerprint density at radius 2 is 2.44 bits per heavy atom. The number of hydrogen-bond acceptors (Lipinski definition) is 4. The van der Waals surface area contributed by atoms with Crippen molar-refractivity contribution in [1.82, 2.24) is 14.9 Å². The third kappa shape index (κ3) is 1.75. The third-order valence-electron chi connectivity index (χ3n) is 3.04. The molecule has 0 N–H and O–H groups in total. The largest absolute Gasteiger partial charge is 0.326 e. The van der Waals surface area contributed by atoms with Crippen molar-refractivity contribution in [3.63, 3.8) is 0 Å². The molecular weight excluding hydrogens is 246 g/mol. The van der Waals surface area contributed by atoms with E-state index in [1.54, 1.807) is 29.5 Å². The van der Waals surface area contributed by atoms with E-state index < -0.39 is 0 Å². The first-order chi connectivity index (χ1) is 8.79. The maximum Gasteiger partial charge on any atom is 0.298 e. The second kappa shape index (κ2) is 4.39. The molecule has 0 saturated carbocycles. The Kier molecular flexibility index (Phi) is 2.73. The van der Waals surface area contributed by atoms with Gasteiger partial charge in [0.05, 0.1) is 6.54 Å². The van der Waals surface area contributed by atoms with Gasteiger partial charge in [-0.1, -0.05) is 5.92 Å². The minimum atomic E-state index is -0.0910. The van der Waals surface area contributed by atoms with Crippen LogP contribution in [-0.4, -0.2) is 27.3 Å². The van der Waals surface area contributed by atoms with Crippen molar-refractivity contribution in [2.24, 2.45) is 0 Å². The Morgan fingerprint density at radius 3 is 3.28 bits per heavy atom. The molecule has 0 spiro atoms. The zero-order valence-corrected chi connectivity index (χ0v) is 10.8. The van der Waals surface area contributed by atoms with Gasteiger partial charge >= 0.3 is 0 Å². The SMILES string of the molecule is CC#CC(=O)N1CCc2c(sc3ncncc23)C1. The van der Waals surface area contributed by atoms with Gasteiger partial charge in [-0.05, 0) is 24.8 Å². The molecule has 0 atom stereocenters. The number of hydrogen-bond donors (Lipinski definition) is 0. The summed E-state index contributed by atoms with van der Waals surface area (Å²) in [5.41, 5.74) is 1.30. The fraction of sp³-hybridized carbons (Fsp3) is 0.308. The smallest absolute Gasteiger partial charge is 0.298 e. The van der Waals surface area contributed by atoms with Gasteiger partial charge in [-0.15, -0.1) is 11.3 Å². The molecule has 1 amide bonds. The van der Waals surface area contributed by atoms with Crippen LogP contribution in [0.25, 0.3) is 10.2 Å². The van der Waals surface area contributed by atoms with Crippen LogP contribution in [0.3, 0.4) is 0 Å². The third-order valence-corrected chi connectivity index (χ3v) is 4.18. The molecule has 1 aliphatic rings. The number of rotatable bonds is 0. The standard InChI is InChI=1S/C13H11N3OS/c1-2-3-12(17)16-5-4-9-10-6-14-8-15-13(10)18-11(9)7-16/h6,8H,4-5,7H2,1H3. The summed E-state index contributed by atoms with van der Waals surface area (Å²) in [4.78, 5) is 24.1. The average Bonchev–Trinajstić information content (AvgIpc) is 2.76. The van der Waals surface area contributed by atoms with Crippen molar-refractivity contribution in [2.45, 2.75) is 19.9 Å². The van der Waals surface area contributed by atoms with Gasteiger partial charge in [0.15, 0.2) is 0 Å². The molecule has 0 unspecified atom stereocenters. The molecular formula is C13H11N3OS. The van der Waals surface area contributed by atoms with Crippen LogP contribution in [0.15, 0.2) is 12.5 Å². The van der Waals surface area contributed by atoms with Crippen molar-refractivity contribution < 1.29 is 4.79 Å². The Labute approximate surface area is 109 Å². The number of carbonyl (C=O) groups excluding carboxylic acids is 1. The molecule has 0 aromatic carbocycles. The fourth-order valence-corrected chi connectivity index (χ4v) is 3.37. The van der Waals surface area contributed by atoms with Gasteiger partial charge in [-0.25, -0.2) is 9.97 Å². The number of aromatic nitrogens is 2. The van der Waals surface area contributed by atoms with E-state index in [1.165, 1.54) is 10.4 Å². The highest BCUT2D eigenvalue weighted by Gasteiger charge is 2.23. The second-order valence-corrected chi connectivity index (χ2v) is 5.18. The predicted octanol–water partition coefficient (Wildman–Crippen LogP) is 1.60.